The Hall–Kier alpha value is -1.84. The second kappa shape index (κ2) is 2.35. The topological polar surface area (TPSA) is 57.8 Å². The van der Waals surface area contributed by atoms with Gasteiger partial charge in [-0.25, -0.2) is 4.98 Å². The van der Waals surface area contributed by atoms with Crippen molar-refractivity contribution < 1.29 is 4.79 Å². The van der Waals surface area contributed by atoms with E-state index in [1.54, 1.807) is 0 Å². The number of fused-ring (bicyclic) bond motifs is 3. The number of carbonyl (C=O) groups excluding carboxylic acids is 1. The SMILES string of the molecule is Cc1nc2c3c(ccc2[nH]1)NC(=O)C3. The predicted octanol–water partition coefficient (Wildman–Crippen LogP) is 1.37. The average Bonchev–Trinajstić information content (AvgIpc) is 2.65. The van der Waals surface area contributed by atoms with Crippen molar-refractivity contribution in [3.05, 3.63) is 23.5 Å². The zero-order valence-corrected chi connectivity index (χ0v) is 7.72. The number of aromatic amines is 1. The Kier molecular flexibility index (Phi) is 1.27. The van der Waals surface area contributed by atoms with Crippen LogP contribution in [0.1, 0.15) is 11.4 Å². The van der Waals surface area contributed by atoms with Gasteiger partial charge in [0.2, 0.25) is 5.91 Å². The van der Waals surface area contributed by atoms with Gasteiger partial charge in [-0.05, 0) is 19.1 Å². The van der Waals surface area contributed by atoms with Gasteiger partial charge in [0.15, 0.2) is 0 Å². The molecule has 2 N–H and O–H groups in total. The van der Waals surface area contributed by atoms with E-state index in [9.17, 15) is 4.79 Å². The summed E-state index contributed by atoms with van der Waals surface area (Å²) in [5.74, 6) is 0.931. The summed E-state index contributed by atoms with van der Waals surface area (Å²) in [4.78, 5) is 18.7. The fraction of sp³-hybridized carbons (Fsp3) is 0.200. The number of rotatable bonds is 0. The van der Waals surface area contributed by atoms with Gasteiger partial charge >= 0.3 is 0 Å². The van der Waals surface area contributed by atoms with E-state index in [-0.39, 0.29) is 5.91 Å². The minimum Gasteiger partial charge on any atom is -0.342 e. The fourth-order valence-corrected chi connectivity index (χ4v) is 1.91. The molecule has 0 saturated carbocycles. The molecular weight excluding hydrogens is 178 g/mol. The number of amides is 1. The maximum Gasteiger partial charge on any atom is 0.228 e. The van der Waals surface area contributed by atoms with Gasteiger partial charge in [0.05, 0.1) is 17.5 Å². The summed E-state index contributed by atoms with van der Waals surface area (Å²) >= 11 is 0. The molecule has 0 spiro atoms. The van der Waals surface area contributed by atoms with Gasteiger partial charge in [0, 0.05) is 11.3 Å². The first-order chi connectivity index (χ1) is 6.74. The molecule has 0 unspecified atom stereocenters. The first-order valence-electron chi connectivity index (χ1n) is 4.52. The Labute approximate surface area is 80.3 Å². The molecule has 2 heterocycles. The van der Waals surface area contributed by atoms with Crippen LogP contribution in [0.15, 0.2) is 12.1 Å². The van der Waals surface area contributed by atoms with E-state index in [1.807, 2.05) is 19.1 Å². The van der Waals surface area contributed by atoms with E-state index in [0.29, 0.717) is 6.42 Å². The number of nitrogens with one attached hydrogen (secondary N) is 2. The van der Waals surface area contributed by atoms with Crippen LogP contribution in [0.3, 0.4) is 0 Å². The van der Waals surface area contributed by atoms with Crippen molar-refractivity contribution in [1.29, 1.82) is 0 Å². The molecule has 1 aliphatic rings. The largest absolute Gasteiger partial charge is 0.342 e. The first kappa shape index (κ1) is 7.55. The number of hydrogen-bond donors (Lipinski definition) is 2. The smallest absolute Gasteiger partial charge is 0.228 e. The average molecular weight is 187 g/mol. The maximum atomic E-state index is 11.2. The number of carbonyl (C=O) groups is 1. The van der Waals surface area contributed by atoms with E-state index in [1.165, 1.54) is 0 Å². The van der Waals surface area contributed by atoms with Crippen molar-refractivity contribution in [2.75, 3.05) is 5.32 Å². The molecule has 1 aliphatic heterocycles. The third kappa shape index (κ3) is 0.878. The maximum absolute atomic E-state index is 11.2. The van der Waals surface area contributed by atoms with E-state index < -0.39 is 0 Å². The lowest BCUT2D eigenvalue weighted by atomic mass is 10.1. The number of aromatic nitrogens is 2. The highest BCUT2D eigenvalue weighted by molar-refractivity contribution is 6.04. The molecule has 14 heavy (non-hydrogen) atoms. The van der Waals surface area contributed by atoms with E-state index >= 15 is 0 Å². The molecule has 3 rings (SSSR count). The number of benzene rings is 1. The number of nitrogens with zero attached hydrogens (tertiary/aromatic N) is 1. The van der Waals surface area contributed by atoms with Crippen LogP contribution in [0, 0.1) is 6.92 Å². The van der Waals surface area contributed by atoms with Crippen LogP contribution >= 0.6 is 0 Å². The molecular formula is C10H9N3O. The Morgan fingerprint density at radius 1 is 1.43 bits per heavy atom. The second-order valence-electron chi connectivity index (χ2n) is 3.54. The third-order valence-corrected chi connectivity index (χ3v) is 2.49. The van der Waals surface area contributed by atoms with Gasteiger partial charge in [-0.1, -0.05) is 0 Å². The highest BCUT2D eigenvalue weighted by Crippen LogP contribution is 2.29. The van der Waals surface area contributed by atoms with Gasteiger partial charge in [0.1, 0.15) is 5.82 Å². The third-order valence-electron chi connectivity index (χ3n) is 2.49. The van der Waals surface area contributed by atoms with Crippen molar-refractivity contribution >= 4 is 22.6 Å². The van der Waals surface area contributed by atoms with Crippen molar-refractivity contribution in [3.8, 4) is 0 Å². The minimum absolute atomic E-state index is 0.0492. The fourth-order valence-electron chi connectivity index (χ4n) is 1.91. The van der Waals surface area contributed by atoms with Crippen LogP contribution in [0.4, 0.5) is 5.69 Å². The highest BCUT2D eigenvalue weighted by atomic mass is 16.1. The highest BCUT2D eigenvalue weighted by Gasteiger charge is 2.21. The Balaban J connectivity index is 2.37. The van der Waals surface area contributed by atoms with E-state index in [4.69, 9.17) is 0 Å². The van der Waals surface area contributed by atoms with Gasteiger partial charge in [0.25, 0.3) is 0 Å². The van der Waals surface area contributed by atoms with Crippen LogP contribution in [0.2, 0.25) is 0 Å². The summed E-state index contributed by atoms with van der Waals surface area (Å²) < 4.78 is 0. The first-order valence-corrected chi connectivity index (χ1v) is 4.52. The molecule has 0 radical (unpaired) electrons. The number of imidazole rings is 1. The molecule has 1 amide bonds. The molecule has 0 bridgehead atoms. The molecule has 0 atom stereocenters. The summed E-state index contributed by atoms with van der Waals surface area (Å²) in [6, 6.07) is 3.86. The quantitative estimate of drug-likeness (QED) is 0.654. The Bertz CT molecular complexity index is 542. The van der Waals surface area contributed by atoms with E-state index in [2.05, 4.69) is 15.3 Å². The van der Waals surface area contributed by atoms with Gasteiger partial charge in [-0.3, -0.25) is 4.79 Å². The predicted molar refractivity (Wildman–Crippen MR) is 53.2 cm³/mol. The summed E-state index contributed by atoms with van der Waals surface area (Å²) in [6.45, 7) is 1.91. The number of H-pyrrole nitrogens is 1. The van der Waals surface area contributed by atoms with E-state index in [0.717, 1.165) is 28.1 Å². The van der Waals surface area contributed by atoms with Crippen LogP contribution in [0.25, 0.3) is 11.0 Å². The second-order valence-corrected chi connectivity index (χ2v) is 3.54. The van der Waals surface area contributed by atoms with Gasteiger partial charge in [-0.2, -0.15) is 0 Å². The standard InChI is InChI=1S/C10H9N3O/c1-5-11-8-3-2-7-6(10(8)12-5)4-9(14)13-7/h2-3H,4H2,1H3,(H,11,12)(H,13,14). The van der Waals surface area contributed by atoms with Crippen molar-refractivity contribution in [1.82, 2.24) is 9.97 Å². The summed E-state index contributed by atoms with van der Waals surface area (Å²) in [5, 5.41) is 2.81. The lowest BCUT2D eigenvalue weighted by Crippen LogP contribution is -2.03. The summed E-state index contributed by atoms with van der Waals surface area (Å²) in [6.07, 6.45) is 0.441. The lowest BCUT2D eigenvalue weighted by Gasteiger charge is -1.96. The van der Waals surface area contributed by atoms with Crippen molar-refractivity contribution in [3.63, 3.8) is 0 Å². The monoisotopic (exact) mass is 187 g/mol. The molecule has 4 nitrogen and oxygen atoms in total. The number of hydrogen-bond acceptors (Lipinski definition) is 2. The molecule has 2 aromatic rings. The number of aryl methyl sites for hydroxylation is 1. The molecule has 1 aromatic heterocycles. The van der Waals surface area contributed by atoms with Crippen LogP contribution in [-0.4, -0.2) is 15.9 Å². The molecule has 1 aromatic carbocycles. The summed E-state index contributed by atoms with van der Waals surface area (Å²) in [5.41, 5.74) is 3.82. The van der Waals surface area contributed by atoms with Gasteiger partial charge in [-0.15, -0.1) is 0 Å². The molecule has 0 fully saturated rings. The lowest BCUT2D eigenvalue weighted by molar-refractivity contribution is -0.115. The van der Waals surface area contributed by atoms with Crippen LogP contribution in [-0.2, 0) is 11.2 Å². The summed E-state index contributed by atoms with van der Waals surface area (Å²) in [7, 11) is 0. The van der Waals surface area contributed by atoms with Gasteiger partial charge < -0.3 is 10.3 Å². The minimum atomic E-state index is 0.0492. The molecule has 70 valence electrons. The molecule has 4 heteroatoms. The zero-order valence-electron chi connectivity index (χ0n) is 7.72. The van der Waals surface area contributed by atoms with Crippen LogP contribution in [0.5, 0.6) is 0 Å². The normalized spacial score (nSPS) is 14.5. The number of anilines is 1. The molecule has 0 saturated heterocycles. The van der Waals surface area contributed by atoms with Crippen molar-refractivity contribution in [2.24, 2.45) is 0 Å². The Morgan fingerprint density at radius 2 is 2.29 bits per heavy atom. The Morgan fingerprint density at radius 3 is 3.14 bits per heavy atom. The van der Waals surface area contributed by atoms with Crippen LogP contribution < -0.4 is 5.32 Å². The van der Waals surface area contributed by atoms with Crippen molar-refractivity contribution in [2.45, 2.75) is 13.3 Å². The molecule has 0 aliphatic carbocycles. The zero-order chi connectivity index (χ0) is 9.71.